The molecule has 1 N–H and O–H groups in total. The van der Waals surface area contributed by atoms with E-state index < -0.39 is 9.84 Å². The minimum Gasteiger partial charge on any atom is -0.313 e. The molecule has 0 spiro atoms. The lowest BCUT2D eigenvalue weighted by molar-refractivity contribution is 0.102. The molecule has 160 valence electrons. The van der Waals surface area contributed by atoms with Crippen LogP contribution in [0.2, 0.25) is 0 Å². The van der Waals surface area contributed by atoms with Crippen LogP contribution in [0.25, 0.3) is 21.4 Å². The molecule has 1 aliphatic rings. The van der Waals surface area contributed by atoms with Crippen LogP contribution in [0.15, 0.2) is 29.2 Å². The van der Waals surface area contributed by atoms with Gasteiger partial charge in [-0.05, 0) is 44.0 Å². The molecule has 4 heterocycles. The lowest BCUT2D eigenvalue weighted by Crippen LogP contribution is -2.13. The second-order valence-electron chi connectivity index (χ2n) is 7.85. The van der Waals surface area contributed by atoms with E-state index in [0.717, 1.165) is 43.0 Å². The van der Waals surface area contributed by atoms with Crippen LogP contribution in [0.1, 0.15) is 41.1 Å². The fraction of sp³-hybridized carbons (Fsp3) is 0.333. The predicted octanol–water partition coefficient (Wildman–Crippen LogP) is 3.73. The maximum atomic E-state index is 13.1. The molecule has 0 radical (unpaired) electrons. The van der Waals surface area contributed by atoms with Gasteiger partial charge in [0.2, 0.25) is 0 Å². The van der Waals surface area contributed by atoms with Crippen molar-refractivity contribution in [2.24, 2.45) is 0 Å². The Kier molecular flexibility index (Phi) is 4.78. The number of benzene rings is 1. The van der Waals surface area contributed by atoms with Crippen LogP contribution < -0.4 is 5.32 Å². The Hall–Kier alpha value is -2.85. The first-order valence-electron chi connectivity index (χ1n) is 10.1. The molecule has 0 unspecified atom stereocenters. The van der Waals surface area contributed by atoms with Crippen LogP contribution in [-0.4, -0.2) is 40.1 Å². The van der Waals surface area contributed by atoms with Gasteiger partial charge < -0.3 is 4.57 Å². The van der Waals surface area contributed by atoms with Crippen LogP contribution in [0, 0.1) is 6.92 Å². The van der Waals surface area contributed by atoms with Crippen molar-refractivity contribution in [1.82, 2.24) is 19.5 Å². The number of anilines is 1. The first kappa shape index (κ1) is 20.1. The number of hydrogen-bond donors (Lipinski definition) is 1. The Morgan fingerprint density at radius 1 is 1.13 bits per heavy atom. The highest BCUT2D eigenvalue weighted by Gasteiger charge is 2.22. The number of carbonyl (C=O) groups is 1. The normalized spacial score (nSPS) is 14.5. The molecule has 0 saturated carbocycles. The first-order valence-corrected chi connectivity index (χ1v) is 12.8. The van der Waals surface area contributed by atoms with Crippen molar-refractivity contribution in [3.63, 3.8) is 0 Å². The highest BCUT2D eigenvalue weighted by atomic mass is 32.2. The van der Waals surface area contributed by atoms with Crippen molar-refractivity contribution in [3.8, 4) is 0 Å². The zero-order valence-electron chi connectivity index (χ0n) is 17.2. The van der Waals surface area contributed by atoms with E-state index in [1.165, 1.54) is 30.1 Å². The lowest BCUT2D eigenvalue weighted by atomic mass is 10.2. The quantitative estimate of drug-likeness (QED) is 0.504. The highest BCUT2D eigenvalue weighted by Crippen LogP contribution is 2.29. The summed E-state index contributed by atoms with van der Waals surface area (Å²) in [5, 5.41) is 3.27. The SMILES string of the molecule is Cc1cc(C(=O)Nc2nc3ccc(S(C)(=O)=O)cc3s2)c2nc3n(c2n1)CCCCC3. The molecule has 8 nitrogen and oxygen atoms in total. The average Bonchev–Trinajstić information content (AvgIpc) is 3.17. The largest absolute Gasteiger partial charge is 0.313 e. The monoisotopic (exact) mass is 455 g/mol. The van der Waals surface area contributed by atoms with Gasteiger partial charge in [0.1, 0.15) is 11.3 Å². The number of amides is 1. The maximum absolute atomic E-state index is 13.1. The second-order valence-corrected chi connectivity index (χ2v) is 10.9. The zero-order chi connectivity index (χ0) is 21.8. The van der Waals surface area contributed by atoms with Crippen molar-refractivity contribution >= 4 is 53.6 Å². The molecular weight excluding hydrogens is 434 g/mol. The summed E-state index contributed by atoms with van der Waals surface area (Å²) in [5.74, 6) is 0.680. The fourth-order valence-electron chi connectivity index (χ4n) is 3.94. The van der Waals surface area contributed by atoms with Gasteiger partial charge in [-0.1, -0.05) is 17.8 Å². The standard InChI is InChI=1S/C21H21N5O3S2/c1-12-10-14(18-19(22-12)26-9-5-3-4-6-17(26)24-18)20(27)25-21-23-15-8-7-13(31(2,28)29)11-16(15)30-21/h7-8,10-11H,3-6,9H2,1-2H3,(H,23,25,27). The number of nitrogens with one attached hydrogen (secondary N) is 1. The molecule has 0 saturated heterocycles. The Morgan fingerprint density at radius 3 is 2.77 bits per heavy atom. The molecule has 0 aliphatic carbocycles. The molecule has 0 atom stereocenters. The van der Waals surface area contributed by atoms with Crippen molar-refractivity contribution in [3.05, 3.63) is 41.3 Å². The molecule has 1 amide bonds. The van der Waals surface area contributed by atoms with E-state index in [1.54, 1.807) is 18.2 Å². The van der Waals surface area contributed by atoms with Gasteiger partial charge in [-0.25, -0.2) is 23.4 Å². The van der Waals surface area contributed by atoms with Crippen LogP contribution in [0.5, 0.6) is 0 Å². The van der Waals surface area contributed by atoms with E-state index in [4.69, 9.17) is 4.98 Å². The summed E-state index contributed by atoms with van der Waals surface area (Å²) in [6, 6.07) is 6.51. The number of pyridine rings is 1. The van der Waals surface area contributed by atoms with Gasteiger partial charge >= 0.3 is 0 Å². The van der Waals surface area contributed by atoms with Crippen LogP contribution in [-0.2, 0) is 22.8 Å². The number of nitrogens with zero attached hydrogens (tertiary/aromatic N) is 4. The summed E-state index contributed by atoms with van der Waals surface area (Å²) in [4.78, 5) is 27.2. The Bertz CT molecular complexity index is 1450. The summed E-state index contributed by atoms with van der Waals surface area (Å²) >= 11 is 1.24. The highest BCUT2D eigenvalue weighted by molar-refractivity contribution is 7.90. The van der Waals surface area contributed by atoms with Crippen molar-refractivity contribution < 1.29 is 13.2 Å². The molecule has 10 heteroatoms. The number of aromatic nitrogens is 4. The Morgan fingerprint density at radius 2 is 1.97 bits per heavy atom. The Labute approximate surface area is 183 Å². The third kappa shape index (κ3) is 3.70. The Balaban J connectivity index is 1.52. The molecular formula is C21H21N5O3S2. The van der Waals surface area contributed by atoms with E-state index in [9.17, 15) is 13.2 Å². The number of aryl methyl sites for hydroxylation is 3. The molecule has 5 rings (SSSR count). The van der Waals surface area contributed by atoms with Gasteiger partial charge in [0.15, 0.2) is 20.6 Å². The third-order valence-electron chi connectivity index (χ3n) is 5.45. The van der Waals surface area contributed by atoms with Crippen LogP contribution >= 0.6 is 11.3 Å². The summed E-state index contributed by atoms with van der Waals surface area (Å²) in [6.07, 6.45) is 5.39. The number of rotatable bonds is 3. The fourth-order valence-corrected chi connectivity index (χ4v) is 5.56. The van der Waals surface area contributed by atoms with Gasteiger partial charge in [0.05, 0.1) is 20.7 Å². The smallest absolute Gasteiger partial charge is 0.259 e. The van der Waals surface area contributed by atoms with Gasteiger partial charge in [0, 0.05) is 24.9 Å². The first-order chi connectivity index (χ1) is 14.8. The molecule has 31 heavy (non-hydrogen) atoms. The number of carbonyl (C=O) groups excluding carboxylic acids is 1. The lowest BCUT2D eigenvalue weighted by Gasteiger charge is -2.06. The molecule has 4 aromatic rings. The van der Waals surface area contributed by atoms with Gasteiger partial charge in [-0.15, -0.1) is 0 Å². The van der Waals surface area contributed by atoms with E-state index in [2.05, 4.69) is 19.9 Å². The number of sulfone groups is 1. The van der Waals surface area contributed by atoms with Crippen molar-refractivity contribution in [2.75, 3.05) is 11.6 Å². The predicted molar refractivity (Wildman–Crippen MR) is 121 cm³/mol. The topological polar surface area (TPSA) is 107 Å². The van der Waals surface area contributed by atoms with E-state index in [-0.39, 0.29) is 10.8 Å². The van der Waals surface area contributed by atoms with Gasteiger partial charge in [-0.2, -0.15) is 0 Å². The van der Waals surface area contributed by atoms with Crippen molar-refractivity contribution in [2.45, 2.75) is 44.0 Å². The third-order valence-corrected chi connectivity index (χ3v) is 7.49. The average molecular weight is 456 g/mol. The number of imidazole rings is 1. The molecule has 0 bridgehead atoms. The summed E-state index contributed by atoms with van der Waals surface area (Å²) in [7, 11) is -3.31. The molecule has 3 aromatic heterocycles. The second kappa shape index (κ2) is 7.38. The van der Waals surface area contributed by atoms with Crippen LogP contribution in [0.3, 0.4) is 0 Å². The van der Waals surface area contributed by atoms with Crippen LogP contribution in [0.4, 0.5) is 5.13 Å². The summed E-state index contributed by atoms with van der Waals surface area (Å²) in [6.45, 7) is 2.74. The molecule has 1 aromatic carbocycles. The van der Waals surface area contributed by atoms with Gasteiger partial charge in [0.25, 0.3) is 5.91 Å². The molecule has 1 aliphatic heterocycles. The minimum absolute atomic E-state index is 0.229. The number of thiazole rings is 1. The van der Waals surface area contributed by atoms with Gasteiger partial charge in [-0.3, -0.25) is 10.1 Å². The minimum atomic E-state index is -3.31. The molecule has 0 fully saturated rings. The maximum Gasteiger partial charge on any atom is 0.259 e. The number of hydrogen-bond acceptors (Lipinski definition) is 7. The van der Waals surface area contributed by atoms with E-state index in [1.807, 2.05) is 6.92 Å². The zero-order valence-corrected chi connectivity index (χ0v) is 18.8. The summed E-state index contributed by atoms with van der Waals surface area (Å²) < 4.78 is 26.4. The number of fused-ring (bicyclic) bond motifs is 4. The summed E-state index contributed by atoms with van der Waals surface area (Å²) in [5.41, 5.74) is 3.23. The van der Waals surface area contributed by atoms with E-state index >= 15 is 0 Å². The van der Waals surface area contributed by atoms with E-state index in [0.29, 0.717) is 26.4 Å². The van der Waals surface area contributed by atoms with Crippen molar-refractivity contribution in [1.29, 1.82) is 0 Å².